The first kappa shape index (κ1) is 15.3. The maximum atomic E-state index is 11.5. The van der Waals surface area contributed by atoms with Gasteiger partial charge in [-0.15, -0.1) is 6.42 Å². The minimum Gasteiger partial charge on any atom is -0.481 e. The Morgan fingerprint density at radius 2 is 2.00 bits per heavy atom. The van der Waals surface area contributed by atoms with Crippen molar-refractivity contribution in [3.05, 3.63) is 0 Å². The number of nitrogens with one attached hydrogen (secondary N) is 2. The van der Waals surface area contributed by atoms with Gasteiger partial charge in [0.2, 0.25) is 0 Å². The van der Waals surface area contributed by atoms with Crippen molar-refractivity contribution in [2.45, 2.75) is 51.6 Å². The molecule has 0 rings (SSSR count). The molecule has 3 N–H and O–H groups in total. The van der Waals surface area contributed by atoms with E-state index in [0.29, 0.717) is 6.42 Å². The van der Waals surface area contributed by atoms with Gasteiger partial charge in [0, 0.05) is 12.5 Å². The van der Waals surface area contributed by atoms with E-state index in [-0.39, 0.29) is 24.5 Å². The van der Waals surface area contributed by atoms with Crippen LogP contribution in [0.15, 0.2) is 0 Å². The summed E-state index contributed by atoms with van der Waals surface area (Å²) in [5.41, 5.74) is 0. The number of urea groups is 1. The fourth-order valence-corrected chi connectivity index (χ4v) is 1.32. The summed E-state index contributed by atoms with van der Waals surface area (Å²) < 4.78 is 0. The predicted octanol–water partition coefficient (Wildman–Crippen LogP) is 1.34. The molecule has 0 aromatic heterocycles. The van der Waals surface area contributed by atoms with Crippen molar-refractivity contribution in [2.75, 3.05) is 0 Å². The van der Waals surface area contributed by atoms with Crippen molar-refractivity contribution in [3.8, 4) is 12.3 Å². The quantitative estimate of drug-likeness (QED) is 0.588. The Bertz CT molecular complexity index is 297. The Balaban J connectivity index is 3.92. The van der Waals surface area contributed by atoms with Crippen LogP contribution in [0.4, 0.5) is 4.79 Å². The number of hydrogen-bond donors (Lipinski definition) is 3. The summed E-state index contributed by atoms with van der Waals surface area (Å²) >= 11 is 0. The lowest BCUT2D eigenvalue weighted by Crippen LogP contribution is -2.45. The van der Waals surface area contributed by atoms with Crippen molar-refractivity contribution in [2.24, 2.45) is 0 Å². The van der Waals surface area contributed by atoms with Crippen LogP contribution in [0.2, 0.25) is 0 Å². The highest BCUT2D eigenvalue weighted by Gasteiger charge is 2.11. The molecule has 0 spiro atoms. The van der Waals surface area contributed by atoms with E-state index in [1.165, 1.54) is 0 Å². The van der Waals surface area contributed by atoms with Crippen molar-refractivity contribution < 1.29 is 14.7 Å². The minimum absolute atomic E-state index is 0.0367. The van der Waals surface area contributed by atoms with E-state index in [1.807, 2.05) is 6.92 Å². The summed E-state index contributed by atoms with van der Waals surface area (Å²) in [6.45, 7) is 3.74. The van der Waals surface area contributed by atoms with Crippen LogP contribution < -0.4 is 10.6 Å². The zero-order chi connectivity index (χ0) is 13.3. The number of carbonyl (C=O) groups is 2. The molecule has 96 valence electrons. The monoisotopic (exact) mass is 240 g/mol. The van der Waals surface area contributed by atoms with E-state index >= 15 is 0 Å². The van der Waals surface area contributed by atoms with Gasteiger partial charge in [-0.2, -0.15) is 0 Å². The van der Waals surface area contributed by atoms with Gasteiger partial charge < -0.3 is 15.7 Å². The van der Waals surface area contributed by atoms with Gasteiger partial charge in [-0.05, 0) is 19.8 Å². The van der Waals surface area contributed by atoms with Crippen molar-refractivity contribution in [1.29, 1.82) is 0 Å². The highest BCUT2D eigenvalue weighted by atomic mass is 16.4. The number of hydrogen-bond acceptors (Lipinski definition) is 2. The maximum Gasteiger partial charge on any atom is 0.315 e. The van der Waals surface area contributed by atoms with E-state index in [4.69, 9.17) is 11.5 Å². The molecule has 5 heteroatoms. The third-order valence-corrected chi connectivity index (χ3v) is 2.25. The van der Waals surface area contributed by atoms with E-state index in [2.05, 4.69) is 16.6 Å². The van der Waals surface area contributed by atoms with Crippen LogP contribution in [0, 0.1) is 12.3 Å². The average molecular weight is 240 g/mol. The largest absolute Gasteiger partial charge is 0.481 e. The van der Waals surface area contributed by atoms with Crippen LogP contribution in [0.1, 0.15) is 39.5 Å². The lowest BCUT2D eigenvalue weighted by Gasteiger charge is -2.16. The van der Waals surface area contributed by atoms with Crippen LogP contribution in [-0.4, -0.2) is 29.2 Å². The second kappa shape index (κ2) is 8.45. The average Bonchev–Trinajstić information content (AvgIpc) is 2.25. The molecule has 0 aliphatic carbocycles. The summed E-state index contributed by atoms with van der Waals surface area (Å²) in [7, 11) is 0. The topological polar surface area (TPSA) is 78.4 Å². The van der Waals surface area contributed by atoms with E-state index in [9.17, 15) is 9.59 Å². The molecule has 2 amide bonds. The molecule has 2 unspecified atom stereocenters. The minimum atomic E-state index is -0.869. The van der Waals surface area contributed by atoms with Gasteiger partial charge in [0.25, 0.3) is 0 Å². The zero-order valence-electron chi connectivity index (χ0n) is 10.3. The fraction of sp³-hybridized carbons (Fsp3) is 0.667. The molecule has 0 aromatic carbocycles. The predicted molar refractivity (Wildman–Crippen MR) is 65.5 cm³/mol. The number of carboxylic acid groups (broad SMARTS) is 1. The first-order chi connectivity index (χ1) is 7.99. The SMILES string of the molecule is C#CC(CCC)NC(=O)NC(C)CCC(=O)O. The van der Waals surface area contributed by atoms with E-state index in [0.717, 1.165) is 12.8 Å². The van der Waals surface area contributed by atoms with Gasteiger partial charge >= 0.3 is 12.0 Å². The molecule has 0 heterocycles. The van der Waals surface area contributed by atoms with E-state index in [1.54, 1.807) is 6.92 Å². The van der Waals surface area contributed by atoms with Crippen molar-refractivity contribution in [3.63, 3.8) is 0 Å². The summed E-state index contributed by atoms with van der Waals surface area (Å²) in [5, 5.41) is 13.8. The highest BCUT2D eigenvalue weighted by molar-refractivity contribution is 5.75. The normalized spacial score (nSPS) is 13.2. The van der Waals surface area contributed by atoms with Gasteiger partial charge in [0.15, 0.2) is 0 Å². The van der Waals surface area contributed by atoms with Gasteiger partial charge in [0.05, 0.1) is 6.04 Å². The van der Waals surface area contributed by atoms with Gasteiger partial charge in [-0.3, -0.25) is 4.79 Å². The second-order valence-corrected chi connectivity index (χ2v) is 3.96. The smallest absolute Gasteiger partial charge is 0.315 e. The summed E-state index contributed by atoms with van der Waals surface area (Å²) in [6.07, 6.45) is 7.33. The molecular weight excluding hydrogens is 220 g/mol. The molecule has 0 fully saturated rings. The zero-order valence-corrected chi connectivity index (χ0v) is 10.3. The lowest BCUT2D eigenvalue weighted by atomic mass is 10.2. The number of terminal acetylenes is 1. The number of amides is 2. The molecule has 5 nitrogen and oxygen atoms in total. The summed E-state index contributed by atoms with van der Waals surface area (Å²) in [5.74, 6) is 1.62. The van der Waals surface area contributed by atoms with Gasteiger partial charge in [-0.1, -0.05) is 19.3 Å². The van der Waals surface area contributed by atoms with Crippen molar-refractivity contribution in [1.82, 2.24) is 10.6 Å². The Labute approximate surface area is 102 Å². The maximum absolute atomic E-state index is 11.5. The molecule has 0 saturated heterocycles. The molecule has 0 radical (unpaired) electrons. The van der Waals surface area contributed by atoms with Crippen molar-refractivity contribution >= 4 is 12.0 Å². The molecule has 17 heavy (non-hydrogen) atoms. The number of rotatable bonds is 7. The molecule has 0 bridgehead atoms. The third-order valence-electron chi connectivity index (χ3n) is 2.25. The van der Waals surface area contributed by atoms with Crippen LogP contribution >= 0.6 is 0 Å². The Morgan fingerprint density at radius 1 is 1.35 bits per heavy atom. The van der Waals surface area contributed by atoms with Crippen LogP contribution in [0.3, 0.4) is 0 Å². The Morgan fingerprint density at radius 3 is 2.47 bits per heavy atom. The standard InChI is InChI=1S/C12H20N2O3/c1-4-6-10(5-2)14-12(17)13-9(3)7-8-11(15)16/h2,9-10H,4,6-8H2,1,3H3,(H,15,16)(H2,13,14,17). The number of aliphatic carboxylic acids is 1. The molecular formula is C12H20N2O3. The molecule has 0 aromatic rings. The number of carboxylic acids is 1. The second-order valence-electron chi connectivity index (χ2n) is 3.96. The van der Waals surface area contributed by atoms with Crippen LogP contribution in [0.25, 0.3) is 0 Å². The molecule has 0 aliphatic rings. The molecule has 0 aliphatic heterocycles. The first-order valence-electron chi connectivity index (χ1n) is 5.74. The van der Waals surface area contributed by atoms with Gasteiger partial charge in [-0.25, -0.2) is 4.79 Å². The Hall–Kier alpha value is -1.70. The lowest BCUT2D eigenvalue weighted by molar-refractivity contribution is -0.137. The summed E-state index contributed by atoms with van der Waals surface area (Å²) in [4.78, 5) is 21.8. The highest BCUT2D eigenvalue weighted by Crippen LogP contribution is 1.98. The fourth-order valence-electron chi connectivity index (χ4n) is 1.32. The van der Waals surface area contributed by atoms with Gasteiger partial charge in [0.1, 0.15) is 0 Å². The van der Waals surface area contributed by atoms with E-state index < -0.39 is 5.97 Å². The third kappa shape index (κ3) is 8.14. The molecule has 2 atom stereocenters. The van der Waals surface area contributed by atoms with Crippen LogP contribution in [-0.2, 0) is 4.79 Å². The van der Waals surface area contributed by atoms with Crippen LogP contribution in [0.5, 0.6) is 0 Å². The number of carbonyl (C=O) groups excluding carboxylic acids is 1. The first-order valence-corrected chi connectivity index (χ1v) is 5.74. The Kier molecular flexibility index (Phi) is 7.61. The molecule has 0 saturated carbocycles. The summed E-state index contributed by atoms with van der Waals surface area (Å²) in [6, 6.07) is -0.808.